The average Bonchev–Trinajstić information content (AvgIpc) is 2.27. The van der Waals surface area contributed by atoms with Crippen LogP contribution in [0.25, 0.3) is 10.9 Å². The second-order valence-corrected chi connectivity index (χ2v) is 3.95. The van der Waals surface area contributed by atoms with Crippen molar-refractivity contribution in [2.45, 2.75) is 0 Å². The minimum atomic E-state index is -1.14. The van der Waals surface area contributed by atoms with Gasteiger partial charge in [-0.25, -0.2) is 4.79 Å². The second-order valence-electron chi connectivity index (χ2n) is 3.95. The van der Waals surface area contributed by atoms with Crippen molar-refractivity contribution in [2.75, 3.05) is 19.0 Å². The normalized spacial score (nSPS) is 10.5. The van der Waals surface area contributed by atoms with Gasteiger partial charge in [-0.1, -0.05) is 6.07 Å². The summed E-state index contributed by atoms with van der Waals surface area (Å²) in [4.78, 5) is 27.3. The fourth-order valence-electron chi connectivity index (χ4n) is 1.74. The van der Waals surface area contributed by atoms with Crippen LogP contribution in [0.15, 0.2) is 29.1 Å². The number of hydrogen-bond donors (Lipinski definition) is 2. The van der Waals surface area contributed by atoms with Crippen LogP contribution in [-0.4, -0.2) is 30.2 Å². The highest BCUT2D eigenvalue weighted by molar-refractivity contribution is 5.94. The fraction of sp³-hybridized carbons (Fsp3) is 0.167. The van der Waals surface area contributed by atoms with Gasteiger partial charge in [0.25, 0.3) is 0 Å². The molecule has 2 aromatic rings. The van der Waals surface area contributed by atoms with E-state index in [0.717, 1.165) is 11.8 Å². The summed E-state index contributed by atoms with van der Waals surface area (Å²) in [5.74, 6) is -1.14. The summed E-state index contributed by atoms with van der Waals surface area (Å²) in [6, 6.07) is 6.37. The fourth-order valence-corrected chi connectivity index (χ4v) is 1.74. The maximum Gasteiger partial charge on any atom is 0.352 e. The first-order chi connectivity index (χ1) is 8.00. The molecule has 0 aliphatic carbocycles. The monoisotopic (exact) mass is 232 g/mol. The molecule has 0 fully saturated rings. The van der Waals surface area contributed by atoms with Gasteiger partial charge in [-0.05, 0) is 12.1 Å². The number of pyridine rings is 1. The van der Waals surface area contributed by atoms with Gasteiger partial charge in [0, 0.05) is 25.5 Å². The van der Waals surface area contributed by atoms with Gasteiger partial charge < -0.3 is 15.0 Å². The lowest BCUT2D eigenvalue weighted by Crippen LogP contribution is -2.14. The molecule has 88 valence electrons. The molecule has 0 saturated carbocycles. The van der Waals surface area contributed by atoms with Crippen molar-refractivity contribution >= 4 is 22.6 Å². The molecule has 1 aromatic heterocycles. The van der Waals surface area contributed by atoms with E-state index < -0.39 is 5.97 Å². The summed E-state index contributed by atoms with van der Waals surface area (Å²) in [6.07, 6.45) is 0. The standard InChI is InChI=1S/C12H12N2O3/c1-14(2)9-5-3-4-7-10(15)6-8(12(16)17)13-11(7)9/h3-6H,1-2H3,(H,13,15)(H,16,17). The van der Waals surface area contributed by atoms with Crippen LogP contribution < -0.4 is 10.3 Å². The smallest absolute Gasteiger partial charge is 0.352 e. The lowest BCUT2D eigenvalue weighted by molar-refractivity contribution is 0.0691. The van der Waals surface area contributed by atoms with Crippen LogP contribution in [0.1, 0.15) is 10.5 Å². The van der Waals surface area contributed by atoms with E-state index in [1.54, 1.807) is 12.1 Å². The van der Waals surface area contributed by atoms with Gasteiger partial charge in [0.05, 0.1) is 11.2 Å². The van der Waals surface area contributed by atoms with Crippen molar-refractivity contribution in [3.8, 4) is 0 Å². The lowest BCUT2D eigenvalue weighted by atomic mass is 10.1. The number of hydrogen-bond acceptors (Lipinski definition) is 3. The Balaban J connectivity index is 2.88. The van der Waals surface area contributed by atoms with Gasteiger partial charge in [-0.3, -0.25) is 4.79 Å². The third kappa shape index (κ3) is 1.87. The van der Waals surface area contributed by atoms with Gasteiger partial charge in [-0.2, -0.15) is 0 Å². The molecule has 0 aliphatic heterocycles. The van der Waals surface area contributed by atoms with E-state index in [0.29, 0.717) is 10.9 Å². The van der Waals surface area contributed by atoms with Crippen molar-refractivity contribution in [3.05, 3.63) is 40.2 Å². The first-order valence-corrected chi connectivity index (χ1v) is 5.07. The number of rotatable bonds is 2. The number of benzene rings is 1. The third-order valence-electron chi connectivity index (χ3n) is 2.56. The largest absolute Gasteiger partial charge is 0.477 e. The van der Waals surface area contributed by atoms with E-state index in [1.165, 1.54) is 0 Å². The highest BCUT2D eigenvalue weighted by Crippen LogP contribution is 2.21. The molecule has 2 rings (SSSR count). The summed E-state index contributed by atoms with van der Waals surface area (Å²) in [5.41, 5.74) is 0.932. The van der Waals surface area contributed by atoms with Crippen LogP contribution in [0.2, 0.25) is 0 Å². The molecule has 2 N–H and O–H groups in total. The molecule has 0 radical (unpaired) electrons. The zero-order chi connectivity index (χ0) is 12.6. The molecule has 0 spiro atoms. The van der Waals surface area contributed by atoms with Gasteiger partial charge in [0.2, 0.25) is 0 Å². The predicted octanol–water partition coefficient (Wildman–Crippen LogP) is 1.29. The zero-order valence-corrected chi connectivity index (χ0v) is 9.52. The number of aromatic amines is 1. The van der Waals surface area contributed by atoms with Crippen molar-refractivity contribution < 1.29 is 9.90 Å². The van der Waals surface area contributed by atoms with Crippen molar-refractivity contribution in [3.63, 3.8) is 0 Å². The maximum absolute atomic E-state index is 11.8. The lowest BCUT2D eigenvalue weighted by Gasteiger charge is -2.15. The molecule has 0 bridgehead atoms. The number of anilines is 1. The third-order valence-corrected chi connectivity index (χ3v) is 2.56. The maximum atomic E-state index is 11.8. The van der Waals surface area contributed by atoms with Crippen LogP contribution >= 0.6 is 0 Å². The van der Waals surface area contributed by atoms with Gasteiger partial charge >= 0.3 is 5.97 Å². The molecule has 0 aliphatic rings. The number of carbonyl (C=O) groups is 1. The van der Waals surface area contributed by atoms with E-state index in [9.17, 15) is 9.59 Å². The number of aromatic carboxylic acids is 1. The Morgan fingerprint density at radius 1 is 1.35 bits per heavy atom. The summed E-state index contributed by atoms with van der Waals surface area (Å²) >= 11 is 0. The first kappa shape index (κ1) is 11.2. The number of carboxylic acids is 1. The van der Waals surface area contributed by atoms with Gasteiger partial charge in [0.1, 0.15) is 5.69 Å². The van der Waals surface area contributed by atoms with Gasteiger partial charge in [0.15, 0.2) is 5.43 Å². The number of nitrogens with zero attached hydrogens (tertiary/aromatic N) is 1. The SMILES string of the molecule is CN(C)c1cccc2c(=O)cc(C(=O)O)[nH]c12. The molecule has 1 aromatic carbocycles. The Hall–Kier alpha value is -2.30. The van der Waals surface area contributed by atoms with Crippen LogP contribution in [0, 0.1) is 0 Å². The van der Waals surface area contributed by atoms with E-state index in [4.69, 9.17) is 5.11 Å². The average molecular weight is 232 g/mol. The topological polar surface area (TPSA) is 73.4 Å². The highest BCUT2D eigenvalue weighted by Gasteiger charge is 2.10. The number of carboxylic acid groups (broad SMARTS) is 1. The molecule has 0 amide bonds. The number of fused-ring (bicyclic) bond motifs is 1. The minimum absolute atomic E-state index is 0.100. The molecule has 0 saturated heterocycles. The Labute approximate surface area is 97.3 Å². The second kappa shape index (κ2) is 3.93. The molecule has 5 heteroatoms. The van der Waals surface area contributed by atoms with Crippen molar-refractivity contribution in [2.24, 2.45) is 0 Å². The number of aromatic nitrogens is 1. The molecule has 0 unspecified atom stereocenters. The van der Waals surface area contributed by atoms with E-state index in [1.807, 2.05) is 25.1 Å². The molecular weight excluding hydrogens is 220 g/mol. The quantitative estimate of drug-likeness (QED) is 0.818. The molecular formula is C12H12N2O3. The Morgan fingerprint density at radius 2 is 2.06 bits per heavy atom. The Bertz CT molecular complexity index is 644. The van der Waals surface area contributed by atoms with Crippen LogP contribution in [0.4, 0.5) is 5.69 Å². The summed E-state index contributed by atoms with van der Waals surface area (Å²) in [5, 5.41) is 9.40. The molecule has 0 atom stereocenters. The predicted molar refractivity (Wildman–Crippen MR) is 65.9 cm³/mol. The Morgan fingerprint density at radius 3 is 2.65 bits per heavy atom. The highest BCUT2D eigenvalue weighted by atomic mass is 16.4. The zero-order valence-electron chi connectivity index (χ0n) is 9.52. The summed E-state index contributed by atoms with van der Waals surface area (Å²) in [6.45, 7) is 0. The van der Waals surface area contributed by atoms with Gasteiger partial charge in [-0.15, -0.1) is 0 Å². The molecule has 5 nitrogen and oxygen atoms in total. The van der Waals surface area contributed by atoms with Crippen molar-refractivity contribution in [1.29, 1.82) is 0 Å². The number of H-pyrrole nitrogens is 1. The number of para-hydroxylation sites is 1. The minimum Gasteiger partial charge on any atom is -0.477 e. The van der Waals surface area contributed by atoms with E-state index in [2.05, 4.69) is 4.98 Å². The van der Waals surface area contributed by atoms with E-state index in [-0.39, 0.29) is 11.1 Å². The van der Waals surface area contributed by atoms with Crippen LogP contribution in [0.3, 0.4) is 0 Å². The first-order valence-electron chi connectivity index (χ1n) is 5.07. The van der Waals surface area contributed by atoms with Crippen LogP contribution in [0.5, 0.6) is 0 Å². The Kier molecular flexibility index (Phi) is 2.59. The van der Waals surface area contributed by atoms with E-state index >= 15 is 0 Å². The number of nitrogens with one attached hydrogen (secondary N) is 1. The molecule has 17 heavy (non-hydrogen) atoms. The van der Waals surface area contributed by atoms with Crippen LogP contribution in [-0.2, 0) is 0 Å². The summed E-state index contributed by atoms with van der Waals surface area (Å²) in [7, 11) is 3.67. The molecule has 1 heterocycles. The summed E-state index contributed by atoms with van der Waals surface area (Å²) < 4.78 is 0. The van der Waals surface area contributed by atoms with Crippen molar-refractivity contribution in [1.82, 2.24) is 4.98 Å².